The minimum Gasteiger partial charge on any atom is -0.497 e. The van der Waals surface area contributed by atoms with E-state index in [1.54, 1.807) is 7.11 Å². The first-order chi connectivity index (χ1) is 12.3. The third-order valence-corrected chi connectivity index (χ3v) is 4.88. The monoisotopic (exact) mass is 362 g/mol. The van der Waals surface area contributed by atoms with Crippen LogP contribution in [0.25, 0.3) is 0 Å². The number of ether oxygens (including phenoxy) is 2. The second-order valence-electron chi connectivity index (χ2n) is 8.37. The van der Waals surface area contributed by atoms with Crippen molar-refractivity contribution in [1.29, 1.82) is 0 Å². The van der Waals surface area contributed by atoms with Gasteiger partial charge in [-0.2, -0.15) is 0 Å². The molecule has 1 aromatic carbocycles. The van der Waals surface area contributed by atoms with E-state index in [9.17, 15) is 4.79 Å². The Morgan fingerprint density at radius 3 is 2.85 bits per heavy atom. The van der Waals surface area contributed by atoms with Crippen LogP contribution in [-0.2, 0) is 11.2 Å². The lowest BCUT2D eigenvalue weighted by Gasteiger charge is -2.40. The summed E-state index contributed by atoms with van der Waals surface area (Å²) in [6.07, 6.45) is 3.11. The smallest absolute Gasteiger partial charge is 0.315 e. The fourth-order valence-corrected chi connectivity index (χ4v) is 3.71. The molecule has 0 bridgehead atoms. The van der Waals surface area contributed by atoms with Gasteiger partial charge in [0.15, 0.2) is 0 Å². The van der Waals surface area contributed by atoms with E-state index in [0.717, 1.165) is 37.2 Å². The van der Waals surface area contributed by atoms with Crippen molar-refractivity contribution in [2.75, 3.05) is 20.3 Å². The Morgan fingerprint density at radius 1 is 1.38 bits per heavy atom. The molecule has 3 atom stereocenters. The quantitative estimate of drug-likeness (QED) is 0.810. The number of benzene rings is 1. The summed E-state index contributed by atoms with van der Waals surface area (Å²) in [5, 5.41) is 6.07. The van der Waals surface area contributed by atoms with E-state index in [4.69, 9.17) is 9.47 Å². The second kappa shape index (κ2) is 9.26. The first kappa shape index (κ1) is 20.6. The van der Waals surface area contributed by atoms with Gasteiger partial charge in [-0.1, -0.05) is 32.9 Å². The first-order valence-corrected chi connectivity index (χ1v) is 9.58. The molecular formula is C21H34N2O3. The van der Waals surface area contributed by atoms with Crippen LogP contribution in [0.4, 0.5) is 4.79 Å². The van der Waals surface area contributed by atoms with Crippen molar-refractivity contribution in [2.45, 2.75) is 59.1 Å². The van der Waals surface area contributed by atoms with E-state index in [1.165, 1.54) is 0 Å². The second-order valence-corrected chi connectivity index (χ2v) is 8.37. The molecule has 146 valence electrons. The highest BCUT2D eigenvalue weighted by Crippen LogP contribution is 2.33. The van der Waals surface area contributed by atoms with Crippen molar-refractivity contribution in [3.8, 4) is 5.75 Å². The highest BCUT2D eigenvalue weighted by Gasteiger charge is 2.35. The number of urea groups is 1. The Hall–Kier alpha value is -1.75. The van der Waals surface area contributed by atoms with Gasteiger partial charge >= 0.3 is 6.03 Å². The third kappa shape index (κ3) is 6.20. The standard InChI is InChI=1S/C21H34N2O3/c1-15(12-16-8-6-10-18(13-16)25-5)23-20(24)22-14-17-9-7-11-26-19(17)21(2,3)4/h6,8,10,13,15,17,19H,7,9,11-12,14H2,1-5H3,(H2,22,23,24). The van der Waals surface area contributed by atoms with Gasteiger partial charge in [-0.05, 0) is 49.3 Å². The maximum absolute atomic E-state index is 12.3. The molecule has 0 spiro atoms. The molecule has 1 aliphatic heterocycles. The molecule has 0 radical (unpaired) electrons. The van der Waals surface area contributed by atoms with Gasteiger partial charge in [0, 0.05) is 25.1 Å². The summed E-state index contributed by atoms with van der Waals surface area (Å²) >= 11 is 0. The van der Waals surface area contributed by atoms with Crippen molar-refractivity contribution in [1.82, 2.24) is 10.6 Å². The van der Waals surface area contributed by atoms with Crippen LogP contribution in [0.5, 0.6) is 5.75 Å². The molecule has 2 rings (SSSR count). The number of carbonyl (C=O) groups excluding carboxylic acids is 1. The average molecular weight is 363 g/mol. The predicted molar refractivity (Wildman–Crippen MR) is 105 cm³/mol. The van der Waals surface area contributed by atoms with Gasteiger partial charge in [-0.25, -0.2) is 4.79 Å². The Kier molecular flexibility index (Phi) is 7.33. The number of nitrogens with one attached hydrogen (secondary N) is 2. The Labute approximate surface area is 157 Å². The fourth-order valence-electron chi connectivity index (χ4n) is 3.71. The fraction of sp³-hybridized carbons (Fsp3) is 0.667. The molecular weight excluding hydrogens is 328 g/mol. The summed E-state index contributed by atoms with van der Waals surface area (Å²) in [7, 11) is 1.66. The molecule has 2 N–H and O–H groups in total. The van der Waals surface area contributed by atoms with Crippen molar-refractivity contribution >= 4 is 6.03 Å². The third-order valence-electron chi connectivity index (χ3n) is 4.88. The molecule has 2 amide bonds. The van der Waals surface area contributed by atoms with E-state index in [0.29, 0.717) is 12.5 Å². The molecule has 0 aliphatic carbocycles. The van der Waals surface area contributed by atoms with Crippen molar-refractivity contribution in [3.05, 3.63) is 29.8 Å². The van der Waals surface area contributed by atoms with E-state index in [1.807, 2.05) is 31.2 Å². The largest absolute Gasteiger partial charge is 0.497 e. The Balaban J connectivity index is 1.80. The SMILES string of the molecule is COc1cccc(CC(C)NC(=O)NCC2CCCOC2C(C)(C)C)c1. The van der Waals surface area contributed by atoms with Crippen molar-refractivity contribution < 1.29 is 14.3 Å². The van der Waals surface area contributed by atoms with E-state index in [-0.39, 0.29) is 23.6 Å². The molecule has 3 unspecified atom stereocenters. The number of methoxy groups -OCH3 is 1. The van der Waals surface area contributed by atoms with Crippen LogP contribution < -0.4 is 15.4 Å². The molecule has 26 heavy (non-hydrogen) atoms. The molecule has 1 fully saturated rings. The molecule has 1 aliphatic rings. The summed E-state index contributed by atoms with van der Waals surface area (Å²) in [4.78, 5) is 12.3. The molecule has 1 aromatic rings. The van der Waals surface area contributed by atoms with Crippen LogP contribution in [0, 0.1) is 11.3 Å². The van der Waals surface area contributed by atoms with Crippen LogP contribution in [0.1, 0.15) is 46.1 Å². The highest BCUT2D eigenvalue weighted by atomic mass is 16.5. The zero-order valence-corrected chi connectivity index (χ0v) is 16.8. The molecule has 5 heteroatoms. The Bertz CT molecular complexity index is 583. The topological polar surface area (TPSA) is 59.6 Å². The van der Waals surface area contributed by atoms with E-state index >= 15 is 0 Å². The van der Waals surface area contributed by atoms with Crippen molar-refractivity contribution in [2.24, 2.45) is 11.3 Å². The summed E-state index contributed by atoms with van der Waals surface area (Å²) in [5.74, 6) is 1.20. The number of carbonyl (C=O) groups is 1. The zero-order valence-electron chi connectivity index (χ0n) is 16.8. The van der Waals surface area contributed by atoms with Crippen LogP contribution in [0.3, 0.4) is 0 Å². The molecule has 0 saturated carbocycles. The number of amides is 2. The zero-order chi connectivity index (χ0) is 19.2. The lowest BCUT2D eigenvalue weighted by atomic mass is 9.78. The van der Waals surface area contributed by atoms with Crippen LogP contribution in [0.15, 0.2) is 24.3 Å². The number of hydrogen-bond acceptors (Lipinski definition) is 3. The molecule has 1 heterocycles. The van der Waals surface area contributed by atoms with Gasteiger partial charge in [0.05, 0.1) is 13.2 Å². The van der Waals surface area contributed by atoms with Gasteiger partial charge in [-0.3, -0.25) is 0 Å². The Morgan fingerprint density at radius 2 is 2.15 bits per heavy atom. The maximum atomic E-state index is 12.3. The van der Waals surface area contributed by atoms with Crippen LogP contribution >= 0.6 is 0 Å². The lowest BCUT2D eigenvalue weighted by Crippen LogP contribution is -2.48. The molecule has 1 saturated heterocycles. The van der Waals surface area contributed by atoms with Gasteiger partial charge in [0.25, 0.3) is 0 Å². The highest BCUT2D eigenvalue weighted by molar-refractivity contribution is 5.74. The number of hydrogen-bond donors (Lipinski definition) is 2. The van der Waals surface area contributed by atoms with Crippen LogP contribution in [-0.4, -0.2) is 38.4 Å². The van der Waals surface area contributed by atoms with Gasteiger partial charge in [-0.15, -0.1) is 0 Å². The molecule has 5 nitrogen and oxygen atoms in total. The maximum Gasteiger partial charge on any atom is 0.315 e. The average Bonchev–Trinajstić information content (AvgIpc) is 2.59. The van der Waals surface area contributed by atoms with Crippen LogP contribution in [0.2, 0.25) is 0 Å². The molecule has 0 aromatic heterocycles. The van der Waals surface area contributed by atoms with E-state index in [2.05, 4.69) is 31.4 Å². The van der Waals surface area contributed by atoms with Gasteiger partial charge < -0.3 is 20.1 Å². The van der Waals surface area contributed by atoms with Gasteiger partial charge in [0.2, 0.25) is 0 Å². The van der Waals surface area contributed by atoms with E-state index < -0.39 is 0 Å². The predicted octanol–water partition coefficient (Wildman–Crippen LogP) is 3.77. The summed E-state index contributed by atoms with van der Waals surface area (Å²) in [6, 6.07) is 7.87. The summed E-state index contributed by atoms with van der Waals surface area (Å²) in [6.45, 7) is 10.1. The lowest BCUT2D eigenvalue weighted by molar-refractivity contribution is -0.0838. The minimum absolute atomic E-state index is 0.0446. The van der Waals surface area contributed by atoms with Gasteiger partial charge in [0.1, 0.15) is 5.75 Å². The normalized spacial score (nSPS) is 21.7. The minimum atomic E-state index is -0.112. The number of rotatable bonds is 6. The summed E-state index contributed by atoms with van der Waals surface area (Å²) in [5.41, 5.74) is 1.23. The summed E-state index contributed by atoms with van der Waals surface area (Å²) < 4.78 is 11.2. The van der Waals surface area contributed by atoms with Crippen molar-refractivity contribution in [3.63, 3.8) is 0 Å². The first-order valence-electron chi connectivity index (χ1n) is 9.58.